The van der Waals surface area contributed by atoms with Gasteiger partial charge in [0, 0.05) is 5.56 Å². The first-order chi connectivity index (χ1) is 8.32. The van der Waals surface area contributed by atoms with Crippen LogP contribution < -0.4 is 4.74 Å². The zero-order valence-electron chi connectivity index (χ0n) is 9.28. The minimum atomic E-state index is -4.76. The van der Waals surface area contributed by atoms with Gasteiger partial charge in [-0.05, 0) is 18.6 Å². The van der Waals surface area contributed by atoms with Gasteiger partial charge in [-0.2, -0.15) is 13.2 Å². The van der Waals surface area contributed by atoms with Gasteiger partial charge in [-0.25, -0.2) is 4.79 Å². The van der Waals surface area contributed by atoms with Crippen LogP contribution in [0.3, 0.4) is 0 Å². The van der Waals surface area contributed by atoms with Gasteiger partial charge in [0.2, 0.25) is 6.10 Å². The van der Waals surface area contributed by atoms with Gasteiger partial charge in [-0.15, -0.1) is 0 Å². The highest BCUT2D eigenvalue weighted by atomic mass is 19.4. The molecule has 0 saturated heterocycles. The number of para-hydroxylation sites is 1. The van der Waals surface area contributed by atoms with Crippen molar-refractivity contribution in [2.24, 2.45) is 0 Å². The summed E-state index contributed by atoms with van der Waals surface area (Å²) in [5, 5.41) is 8.93. The van der Waals surface area contributed by atoms with E-state index < -0.39 is 23.8 Å². The van der Waals surface area contributed by atoms with Crippen molar-refractivity contribution in [3.05, 3.63) is 35.4 Å². The molecule has 0 bridgehead atoms. The Morgan fingerprint density at radius 1 is 1.33 bits per heavy atom. The van der Waals surface area contributed by atoms with Crippen molar-refractivity contribution in [3.63, 3.8) is 0 Å². The Kier molecular flexibility index (Phi) is 2.80. The number of carbonyl (C=O) groups is 1. The summed E-state index contributed by atoms with van der Waals surface area (Å²) in [6, 6.07) is 6.06. The van der Waals surface area contributed by atoms with Crippen LogP contribution >= 0.6 is 0 Å². The maximum Gasteiger partial charge on any atom is 0.430 e. The molecule has 0 spiro atoms. The fourth-order valence-electron chi connectivity index (χ4n) is 1.91. The summed E-state index contributed by atoms with van der Waals surface area (Å²) in [4.78, 5) is 11.0. The molecule has 3 nitrogen and oxygen atoms in total. The average Bonchev–Trinajstić information content (AvgIpc) is 2.27. The van der Waals surface area contributed by atoms with Gasteiger partial charge in [0.1, 0.15) is 5.75 Å². The van der Waals surface area contributed by atoms with Gasteiger partial charge in [0.25, 0.3) is 0 Å². The lowest BCUT2D eigenvalue weighted by Crippen LogP contribution is -2.41. The normalized spacial score (nSPS) is 19.2. The largest absolute Gasteiger partial charge is 0.478 e. The number of hydrogen-bond acceptors (Lipinski definition) is 2. The summed E-state index contributed by atoms with van der Waals surface area (Å²) < 4.78 is 43.2. The van der Waals surface area contributed by atoms with Crippen LogP contribution in [0.2, 0.25) is 0 Å². The number of allylic oxidation sites excluding steroid dienone is 1. The van der Waals surface area contributed by atoms with E-state index in [0.29, 0.717) is 5.56 Å². The summed E-state index contributed by atoms with van der Waals surface area (Å²) in [6.45, 7) is 1.35. The van der Waals surface area contributed by atoms with E-state index in [1.165, 1.54) is 25.1 Å². The van der Waals surface area contributed by atoms with Crippen molar-refractivity contribution in [1.29, 1.82) is 0 Å². The number of benzene rings is 1. The molecule has 0 fully saturated rings. The van der Waals surface area contributed by atoms with E-state index in [9.17, 15) is 18.0 Å². The van der Waals surface area contributed by atoms with E-state index in [4.69, 9.17) is 9.84 Å². The number of ether oxygens (including phenoxy) is 1. The zero-order chi connectivity index (χ0) is 13.5. The molecule has 1 aromatic rings. The van der Waals surface area contributed by atoms with Crippen LogP contribution in [0, 0.1) is 0 Å². The number of alkyl halides is 3. The second-order valence-corrected chi connectivity index (χ2v) is 3.88. The smallest absolute Gasteiger partial charge is 0.430 e. The van der Waals surface area contributed by atoms with E-state index in [0.717, 1.165) is 0 Å². The summed E-state index contributed by atoms with van der Waals surface area (Å²) in [5.74, 6) is -1.58. The maximum absolute atomic E-state index is 12.8. The third kappa shape index (κ3) is 1.94. The quantitative estimate of drug-likeness (QED) is 0.842. The number of hydrogen-bond donors (Lipinski definition) is 1. The molecule has 1 heterocycles. The molecule has 6 heteroatoms. The van der Waals surface area contributed by atoms with Crippen molar-refractivity contribution in [2.75, 3.05) is 0 Å². The van der Waals surface area contributed by atoms with Gasteiger partial charge in [-0.1, -0.05) is 18.2 Å². The summed E-state index contributed by atoms with van der Waals surface area (Å²) in [6.07, 6.45) is -7.19. The molecule has 96 valence electrons. The highest BCUT2D eigenvalue weighted by Crippen LogP contribution is 2.40. The van der Waals surface area contributed by atoms with E-state index in [2.05, 4.69) is 0 Å². The van der Waals surface area contributed by atoms with Crippen LogP contribution in [0.4, 0.5) is 13.2 Å². The molecule has 0 saturated carbocycles. The molecule has 1 aromatic carbocycles. The van der Waals surface area contributed by atoms with Gasteiger partial charge in [-0.3, -0.25) is 0 Å². The summed E-state index contributed by atoms with van der Waals surface area (Å²) in [7, 11) is 0. The molecule has 2 rings (SSSR count). The molecular weight excluding hydrogens is 249 g/mol. The molecule has 1 aliphatic rings. The molecule has 1 atom stereocenters. The number of aliphatic carboxylic acids is 1. The predicted octanol–water partition coefficient (Wildman–Crippen LogP) is 2.87. The van der Waals surface area contributed by atoms with Gasteiger partial charge < -0.3 is 9.84 Å². The Labute approximate surface area is 100 Å². The molecule has 0 amide bonds. The number of carboxylic acid groups (broad SMARTS) is 1. The van der Waals surface area contributed by atoms with Crippen molar-refractivity contribution in [2.45, 2.75) is 19.2 Å². The first kappa shape index (κ1) is 12.5. The molecule has 0 radical (unpaired) electrons. The minimum Gasteiger partial charge on any atom is -0.478 e. The Bertz CT molecular complexity index is 532. The van der Waals surface area contributed by atoms with E-state index >= 15 is 0 Å². The monoisotopic (exact) mass is 258 g/mol. The molecule has 18 heavy (non-hydrogen) atoms. The van der Waals surface area contributed by atoms with Gasteiger partial charge >= 0.3 is 12.1 Å². The first-order valence-corrected chi connectivity index (χ1v) is 5.09. The summed E-state index contributed by atoms with van der Waals surface area (Å²) in [5.41, 5.74) is -0.316. The molecular formula is C12H9F3O3. The highest BCUT2D eigenvalue weighted by molar-refractivity contribution is 5.99. The van der Waals surface area contributed by atoms with Crippen LogP contribution in [-0.4, -0.2) is 23.4 Å². The number of rotatable bonds is 1. The zero-order valence-corrected chi connectivity index (χ0v) is 9.28. The fraction of sp³-hybridized carbons (Fsp3) is 0.250. The lowest BCUT2D eigenvalue weighted by molar-refractivity contribution is -0.187. The summed E-state index contributed by atoms with van der Waals surface area (Å²) >= 11 is 0. The van der Waals surface area contributed by atoms with Crippen LogP contribution in [0.25, 0.3) is 5.57 Å². The SMILES string of the molecule is CC1=C(C(=O)O)C(C(F)(F)F)Oc2ccccc21. The first-order valence-electron chi connectivity index (χ1n) is 5.09. The number of carboxylic acids is 1. The Morgan fingerprint density at radius 3 is 2.50 bits per heavy atom. The van der Waals surface area contributed by atoms with Gasteiger partial charge in [0.05, 0.1) is 5.57 Å². The fourth-order valence-corrected chi connectivity index (χ4v) is 1.91. The third-order valence-electron chi connectivity index (χ3n) is 2.73. The minimum absolute atomic E-state index is 0.0438. The van der Waals surface area contributed by atoms with Crippen LogP contribution in [0.15, 0.2) is 29.8 Å². The lowest BCUT2D eigenvalue weighted by Gasteiger charge is -2.29. The molecule has 0 aromatic heterocycles. The molecule has 1 aliphatic heterocycles. The van der Waals surface area contributed by atoms with Crippen LogP contribution in [0.5, 0.6) is 5.75 Å². The van der Waals surface area contributed by atoms with Crippen molar-refractivity contribution in [1.82, 2.24) is 0 Å². The van der Waals surface area contributed by atoms with E-state index in [1.54, 1.807) is 6.07 Å². The molecule has 1 N–H and O–H groups in total. The highest BCUT2D eigenvalue weighted by Gasteiger charge is 2.49. The Morgan fingerprint density at radius 2 is 1.94 bits per heavy atom. The van der Waals surface area contributed by atoms with Crippen molar-refractivity contribution >= 4 is 11.5 Å². The predicted molar refractivity (Wildman–Crippen MR) is 57.1 cm³/mol. The topological polar surface area (TPSA) is 46.5 Å². The van der Waals surface area contributed by atoms with Gasteiger partial charge in [0.15, 0.2) is 0 Å². The Balaban J connectivity index is 2.64. The molecule has 1 unspecified atom stereocenters. The van der Waals surface area contributed by atoms with Crippen LogP contribution in [-0.2, 0) is 4.79 Å². The molecule has 0 aliphatic carbocycles. The second kappa shape index (κ2) is 4.04. The number of halogens is 3. The van der Waals surface area contributed by atoms with E-state index in [-0.39, 0.29) is 11.3 Å². The van der Waals surface area contributed by atoms with E-state index in [1.807, 2.05) is 0 Å². The second-order valence-electron chi connectivity index (χ2n) is 3.88. The maximum atomic E-state index is 12.8. The number of fused-ring (bicyclic) bond motifs is 1. The third-order valence-corrected chi connectivity index (χ3v) is 2.73. The lowest BCUT2D eigenvalue weighted by atomic mass is 9.94. The van der Waals surface area contributed by atoms with Crippen molar-refractivity contribution in [3.8, 4) is 5.75 Å². The average molecular weight is 258 g/mol. The standard InChI is InChI=1S/C12H9F3O3/c1-6-7-4-2-3-5-8(7)18-10(12(13,14)15)9(6)11(16)17/h2-5,10H,1H3,(H,16,17). The van der Waals surface area contributed by atoms with Crippen molar-refractivity contribution < 1.29 is 27.8 Å². The van der Waals surface area contributed by atoms with Crippen LogP contribution in [0.1, 0.15) is 12.5 Å². The Hall–Kier alpha value is -1.98.